The fourth-order valence-electron chi connectivity index (χ4n) is 5.77. The average molecular weight is 478 g/mol. The summed E-state index contributed by atoms with van der Waals surface area (Å²) in [4.78, 5) is 40.5. The van der Waals surface area contributed by atoms with Gasteiger partial charge in [0.15, 0.2) is 0 Å². The summed E-state index contributed by atoms with van der Waals surface area (Å²) in [5.41, 5.74) is 4.69. The third-order valence-electron chi connectivity index (χ3n) is 7.52. The molecular formula is C27H31N3O5. The number of carboxylic acid groups (broad SMARTS) is 1. The van der Waals surface area contributed by atoms with Crippen LogP contribution in [0.2, 0.25) is 0 Å². The Kier molecular flexibility index (Phi) is 6.72. The van der Waals surface area contributed by atoms with Crippen molar-refractivity contribution < 1.29 is 24.2 Å². The second-order valence-electron chi connectivity index (χ2n) is 9.61. The van der Waals surface area contributed by atoms with Crippen molar-refractivity contribution in [2.75, 3.05) is 39.3 Å². The summed E-state index contributed by atoms with van der Waals surface area (Å²) in [5.74, 6) is -1.08. The third-order valence-corrected chi connectivity index (χ3v) is 7.52. The van der Waals surface area contributed by atoms with Gasteiger partial charge in [-0.3, -0.25) is 14.5 Å². The van der Waals surface area contributed by atoms with E-state index in [4.69, 9.17) is 9.84 Å². The first-order chi connectivity index (χ1) is 17.0. The number of alkyl carbamates (subject to hydrolysis) is 1. The van der Waals surface area contributed by atoms with Gasteiger partial charge in [0.2, 0.25) is 5.91 Å². The van der Waals surface area contributed by atoms with Gasteiger partial charge in [-0.15, -0.1) is 0 Å². The molecule has 3 aliphatic rings. The van der Waals surface area contributed by atoms with E-state index in [1.54, 1.807) is 4.90 Å². The Balaban J connectivity index is 1.16. The predicted octanol–water partition coefficient (Wildman–Crippen LogP) is 2.92. The molecule has 0 aromatic heterocycles. The molecule has 1 saturated carbocycles. The molecule has 2 aliphatic carbocycles. The van der Waals surface area contributed by atoms with E-state index < -0.39 is 12.1 Å². The van der Waals surface area contributed by atoms with Crippen LogP contribution < -0.4 is 5.32 Å². The zero-order valence-electron chi connectivity index (χ0n) is 19.7. The standard InChI is InChI=1S/C27H31N3O5/c31-25(32)16-29-12-14-30(15-13-29)26(33)22-10-5-11-24(22)28-27(34)35-17-23-20-8-3-1-6-18(20)19-7-2-4-9-21(19)23/h1-4,6-9,22-24H,5,10-17H2,(H,28,34)(H,31,32)/t22-,24+/m0/s1. The molecule has 35 heavy (non-hydrogen) atoms. The smallest absolute Gasteiger partial charge is 0.407 e. The normalized spacial score (nSPS) is 21.9. The lowest BCUT2D eigenvalue weighted by atomic mass is 9.98. The molecule has 2 fully saturated rings. The maximum Gasteiger partial charge on any atom is 0.407 e. The van der Waals surface area contributed by atoms with Gasteiger partial charge < -0.3 is 20.1 Å². The average Bonchev–Trinajstić information content (AvgIpc) is 3.45. The molecule has 0 unspecified atom stereocenters. The van der Waals surface area contributed by atoms with Crippen LogP contribution in [0, 0.1) is 5.92 Å². The van der Waals surface area contributed by atoms with Crippen LogP contribution >= 0.6 is 0 Å². The fraction of sp³-hybridized carbons (Fsp3) is 0.444. The number of carboxylic acids is 1. The number of piperazine rings is 1. The van der Waals surface area contributed by atoms with Crippen LogP contribution in [0.25, 0.3) is 11.1 Å². The minimum Gasteiger partial charge on any atom is -0.480 e. The van der Waals surface area contributed by atoms with Gasteiger partial charge in [0.05, 0.1) is 12.5 Å². The Hall–Kier alpha value is -3.39. The molecule has 1 saturated heterocycles. The van der Waals surface area contributed by atoms with E-state index in [9.17, 15) is 14.4 Å². The highest BCUT2D eigenvalue weighted by Crippen LogP contribution is 2.44. The molecule has 5 rings (SSSR count). The van der Waals surface area contributed by atoms with Crippen molar-refractivity contribution in [1.29, 1.82) is 0 Å². The van der Waals surface area contributed by atoms with Gasteiger partial charge in [-0.1, -0.05) is 55.0 Å². The van der Waals surface area contributed by atoms with Crippen molar-refractivity contribution in [3.05, 3.63) is 59.7 Å². The van der Waals surface area contributed by atoms with Gasteiger partial charge in [0.1, 0.15) is 6.61 Å². The molecule has 1 heterocycles. The number of amides is 2. The number of hydrogen-bond donors (Lipinski definition) is 2. The molecule has 8 heteroatoms. The van der Waals surface area contributed by atoms with Gasteiger partial charge >= 0.3 is 12.1 Å². The van der Waals surface area contributed by atoms with Crippen LogP contribution in [-0.2, 0) is 14.3 Å². The summed E-state index contributed by atoms with van der Waals surface area (Å²) in [6, 6.07) is 16.2. The monoisotopic (exact) mass is 477 g/mol. The number of nitrogens with one attached hydrogen (secondary N) is 1. The lowest BCUT2D eigenvalue weighted by Crippen LogP contribution is -2.53. The van der Waals surface area contributed by atoms with Gasteiger partial charge in [-0.25, -0.2) is 4.79 Å². The summed E-state index contributed by atoms with van der Waals surface area (Å²) in [6.45, 7) is 2.37. The highest BCUT2D eigenvalue weighted by Gasteiger charge is 2.38. The number of aliphatic carboxylic acids is 1. The molecule has 0 spiro atoms. The largest absolute Gasteiger partial charge is 0.480 e. The first-order valence-electron chi connectivity index (χ1n) is 12.4. The number of ether oxygens (including phenoxy) is 1. The van der Waals surface area contributed by atoms with Crippen LogP contribution in [0.15, 0.2) is 48.5 Å². The quantitative estimate of drug-likeness (QED) is 0.664. The second-order valence-corrected chi connectivity index (χ2v) is 9.61. The molecular weight excluding hydrogens is 446 g/mol. The minimum atomic E-state index is -0.854. The van der Waals surface area contributed by atoms with Crippen molar-refractivity contribution in [3.8, 4) is 11.1 Å². The SMILES string of the molecule is O=C(O)CN1CCN(C(=O)[C@H]2CCC[C@H]2NC(=O)OCC2c3ccccc3-c3ccccc32)CC1. The molecule has 2 amide bonds. The second kappa shape index (κ2) is 10.1. The van der Waals surface area contributed by atoms with E-state index in [1.807, 2.05) is 29.2 Å². The Morgan fingerprint density at radius 1 is 0.914 bits per heavy atom. The molecule has 184 valence electrons. The summed E-state index contributed by atoms with van der Waals surface area (Å²) < 4.78 is 5.69. The number of benzene rings is 2. The van der Waals surface area contributed by atoms with E-state index in [-0.39, 0.29) is 36.9 Å². The number of nitrogens with zero attached hydrogens (tertiary/aromatic N) is 2. The number of rotatable bonds is 6. The van der Waals surface area contributed by atoms with E-state index in [1.165, 1.54) is 11.1 Å². The highest BCUT2D eigenvalue weighted by molar-refractivity contribution is 5.81. The van der Waals surface area contributed by atoms with Crippen LogP contribution in [0.5, 0.6) is 0 Å². The maximum absolute atomic E-state index is 13.2. The van der Waals surface area contributed by atoms with Crippen LogP contribution in [0.4, 0.5) is 4.79 Å². The van der Waals surface area contributed by atoms with E-state index in [0.29, 0.717) is 26.2 Å². The summed E-state index contributed by atoms with van der Waals surface area (Å²) in [7, 11) is 0. The molecule has 8 nitrogen and oxygen atoms in total. The molecule has 2 atom stereocenters. The zero-order chi connectivity index (χ0) is 24.4. The van der Waals surface area contributed by atoms with Gasteiger partial charge in [-0.2, -0.15) is 0 Å². The number of carbonyl (C=O) groups is 3. The van der Waals surface area contributed by atoms with Crippen molar-refractivity contribution in [3.63, 3.8) is 0 Å². The van der Waals surface area contributed by atoms with Crippen molar-refractivity contribution in [2.24, 2.45) is 5.92 Å². The number of hydrogen-bond acceptors (Lipinski definition) is 5. The van der Waals surface area contributed by atoms with Gasteiger partial charge in [-0.05, 0) is 35.1 Å². The first kappa shape index (κ1) is 23.4. The molecule has 1 aliphatic heterocycles. The lowest BCUT2D eigenvalue weighted by Gasteiger charge is -2.36. The predicted molar refractivity (Wildman–Crippen MR) is 130 cm³/mol. The Morgan fingerprint density at radius 3 is 2.17 bits per heavy atom. The Labute approximate surface area is 204 Å². The summed E-state index contributed by atoms with van der Waals surface area (Å²) in [5, 5.41) is 11.9. The molecule has 0 bridgehead atoms. The number of fused-ring (bicyclic) bond motifs is 3. The van der Waals surface area contributed by atoms with Crippen LogP contribution in [0.3, 0.4) is 0 Å². The Bertz CT molecular complexity index is 1070. The fourth-order valence-corrected chi connectivity index (χ4v) is 5.77. The lowest BCUT2D eigenvalue weighted by molar-refractivity contribution is -0.140. The Morgan fingerprint density at radius 2 is 1.54 bits per heavy atom. The van der Waals surface area contributed by atoms with Crippen molar-refractivity contribution >= 4 is 18.0 Å². The van der Waals surface area contributed by atoms with Crippen LogP contribution in [0.1, 0.15) is 36.3 Å². The first-order valence-corrected chi connectivity index (χ1v) is 12.4. The summed E-state index contributed by atoms with van der Waals surface area (Å²) >= 11 is 0. The van der Waals surface area contributed by atoms with Crippen molar-refractivity contribution in [1.82, 2.24) is 15.1 Å². The van der Waals surface area contributed by atoms with Crippen molar-refractivity contribution in [2.45, 2.75) is 31.2 Å². The van der Waals surface area contributed by atoms with Gasteiger partial charge in [0, 0.05) is 38.1 Å². The molecule has 2 aromatic rings. The summed E-state index contributed by atoms with van der Waals surface area (Å²) in [6.07, 6.45) is 1.88. The van der Waals surface area contributed by atoms with Gasteiger partial charge in [0.25, 0.3) is 0 Å². The minimum absolute atomic E-state index is 0.00256. The highest BCUT2D eigenvalue weighted by atomic mass is 16.5. The topological polar surface area (TPSA) is 99.2 Å². The number of carbonyl (C=O) groups excluding carboxylic acids is 2. The molecule has 2 N–H and O–H groups in total. The maximum atomic E-state index is 13.2. The zero-order valence-corrected chi connectivity index (χ0v) is 19.7. The van der Waals surface area contributed by atoms with E-state index in [0.717, 1.165) is 30.4 Å². The molecule has 2 aromatic carbocycles. The van der Waals surface area contributed by atoms with E-state index >= 15 is 0 Å². The van der Waals surface area contributed by atoms with Crippen LogP contribution in [-0.4, -0.2) is 78.2 Å². The third kappa shape index (κ3) is 4.89. The van der Waals surface area contributed by atoms with E-state index in [2.05, 4.69) is 29.6 Å². The molecule has 0 radical (unpaired) electrons.